The zero-order chi connectivity index (χ0) is 12.4. The van der Waals surface area contributed by atoms with Gasteiger partial charge in [-0.1, -0.05) is 30.3 Å². The van der Waals surface area contributed by atoms with E-state index in [1.807, 2.05) is 16.9 Å². The molecular weight excluding hydrogens is 222 g/mol. The van der Waals surface area contributed by atoms with Gasteiger partial charge in [0.25, 0.3) is 0 Å². The van der Waals surface area contributed by atoms with E-state index >= 15 is 0 Å². The van der Waals surface area contributed by atoms with Crippen LogP contribution in [0.25, 0.3) is 0 Å². The van der Waals surface area contributed by atoms with Crippen LogP contribution in [-0.2, 0) is 13.1 Å². The Morgan fingerprint density at radius 3 is 2.72 bits per heavy atom. The van der Waals surface area contributed by atoms with E-state index in [0.717, 1.165) is 13.1 Å². The maximum atomic E-state index is 4.41. The minimum absolute atomic E-state index is 0.390. The van der Waals surface area contributed by atoms with Gasteiger partial charge in [0.2, 0.25) is 0 Å². The first kappa shape index (κ1) is 11.5. The van der Waals surface area contributed by atoms with Crippen molar-refractivity contribution in [3.05, 3.63) is 53.9 Å². The third-order valence-electron chi connectivity index (χ3n) is 3.59. The summed E-state index contributed by atoms with van der Waals surface area (Å²) in [5.41, 5.74) is 2.94. The monoisotopic (exact) mass is 241 g/mol. The molecule has 0 bridgehead atoms. The lowest BCUT2D eigenvalue weighted by Crippen LogP contribution is -2.26. The molecule has 0 aliphatic heterocycles. The Hall–Kier alpha value is -1.61. The highest BCUT2D eigenvalue weighted by molar-refractivity contribution is 5.15. The van der Waals surface area contributed by atoms with Gasteiger partial charge in [-0.25, -0.2) is 0 Å². The maximum Gasteiger partial charge on any atom is 0.0659 e. The molecule has 1 heterocycles. The molecule has 1 N–H and O–H groups in total. The van der Waals surface area contributed by atoms with Crippen molar-refractivity contribution in [2.75, 3.05) is 0 Å². The molecule has 0 atom stereocenters. The first-order valence-electron chi connectivity index (χ1n) is 6.54. The van der Waals surface area contributed by atoms with E-state index in [9.17, 15) is 0 Å². The van der Waals surface area contributed by atoms with Crippen molar-refractivity contribution in [3.63, 3.8) is 0 Å². The molecule has 3 rings (SSSR count). The Bertz CT molecular complexity index is 512. The number of nitrogens with zero attached hydrogens (tertiary/aromatic N) is 2. The van der Waals surface area contributed by atoms with Gasteiger partial charge in [-0.2, -0.15) is 5.10 Å². The SMILES string of the molecule is CC1(NCc2cnn(Cc3ccccc3)c2)CC1. The lowest BCUT2D eigenvalue weighted by atomic mass is 10.2. The molecule has 1 aliphatic rings. The van der Waals surface area contributed by atoms with Crippen molar-refractivity contribution in [1.29, 1.82) is 0 Å². The average Bonchev–Trinajstić information content (AvgIpc) is 2.96. The molecule has 2 aromatic rings. The fourth-order valence-corrected chi connectivity index (χ4v) is 2.03. The predicted octanol–water partition coefficient (Wildman–Crippen LogP) is 2.57. The summed E-state index contributed by atoms with van der Waals surface area (Å²) in [4.78, 5) is 0. The summed E-state index contributed by atoms with van der Waals surface area (Å²) in [5, 5.41) is 7.98. The van der Waals surface area contributed by atoms with Gasteiger partial charge < -0.3 is 5.32 Å². The van der Waals surface area contributed by atoms with Crippen LogP contribution in [0.15, 0.2) is 42.7 Å². The van der Waals surface area contributed by atoms with Gasteiger partial charge in [0.1, 0.15) is 0 Å². The largest absolute Gasteiger partial charge is 0.307 e. The lowest BCUT2D eigenvalue weighted by molar-refractivity contribution is 0.537. The second-order valence-electron chi connectivity index (χ2n) is 5.45. The van der Waals surface area contributed by atoms with Gasteiger partial charge in [0.05, 0.1) is 12.7 Å². The van der Waals surface area contributed by atoms with E-state index in [4.69, 9.17) is 0 Å². The highest BCUT2D eigenvalue weighted by Crippen LogP contribution is 2.34. The zero-order valence-corrected chi connectivity index (χ0v) is 10.8. The van der Waals surface area contributed by atoms with Gasteiger partial charge in [0.15, 0.2) is 0 Å². The number of nitrogens with one attached hydrogen (secondary N) is 1. The van der Waals surface area contributed by atoms with E-state index in [0.29, 0.717) is 5.54 Å². The Morgan fingerprint density at radius 2 is 2.00 bits per heavy atom. The zero-order valence-electron chi connectivity index (χ0n) is 10.8. The Kier molecular flexibility index (Phi) is 2.92. The molecule has 1 saturated carbocycles. The summed E-state index contributed by atoms with van der Waals surface area (Å²) in [6.07, 6.45) is 6.68. The molecular formula is C15H19N3. The van der Waals surface area contributed by atoms with Crippen molar-refractivity contribution in [2.45, 2.75) is 38.4 Å². The Balaban J connectivity index is 1.59. The smallest absolute Gasteiger partial charge is 0.0659 e. The molecule has 1 fully saturated rings. The molecule has 94 valence electrons. The van der Waals surface area contributed by atoms with Crippen molar-refractivity contribution >= 4 is 0 Å². The molecule has 0 saturated heterocycles. The maximum absolute atomic E-state index is 4.41. The van der Waals surface area contributed by atoms with E-state index in [1.54, 1.807) is 0 Å². The molecule has 0 radical (unpaired) electrons. The summed E-state index contributed by atoms with van der Waals surface area (Å²) in [7, 11) is 0. The predicted molar refractivity (Wildman–Crippen MR) is 72.2 cm³/mol. The number of rotatable bonds is 5. The molecule has 0 unspecified atom stereocenters. The number of benzene rings is 1. The van der Waals surface area contributed by atoms with Gasteiger partial charge in [-0.3, -0.25) is 4.68 Å². The highest BCUT2D eigenvalue weighted by Gasteiger charge is 2.36. The summed E-state index contributed by atoms with van der Waals surface area (Å²) in [6.45, 7) is 4.05. The van der Waals surface area contributed by atoms with E-state index in [-0.39, 0.29) is 0 Å². The quantitative estimate of drug-likeness (QED) is 0.872. The van der Waals surface area contributed by atoms with Crippen LogP contribution >= 0.6 is 0 Å². The van der Waals surface area contributed by atoms with Gasteiger partial charge in [-0.05, 0) is 25.3 Å². The van der Waals surface area contributed by atoms with Crippen LogP contribution in [-0.4, -0.2) is 15.3 Å². The third-order valence-corrected chi connectivity index (χ3v) is 3.59. The van der Waals surface area contributed by atoms with Crippen LogP contribution in [0.5, 0.6) is 0 Å². The van der Waals surface area contributed by atoms with Crippen LogP contribution in [0.2, 0.25) is 0 Å². The summed E-state index contributed by atoms with van der Waals surface area (Å²) in [6, 6.07) is 10.4. The molecule has 1 aliphatic carbocycles. The van der Waals surface area contributed by atoms with Crippen molar-refractivity contribution in [1.82, 2.24) is 15.1 Å². The number of aromatic nitrogens is 2. The van der Waals surface area contributed by atoms with Crippen molar-refractivity contribution in [3.8, 4) is 0 Å². The van der Waals surface area contributed by atoms with Crippen LogP contribution in [0, 0.1) is 0 Å². The summed E-state index contributed by atoms with van der Waals surface area (Å²) in [5.74, 6) is 0. The normalized spacial score (nSPS) is 16.7. The van der Waals surface area contributed by atoms with E-state index < -0.39 is 0 Å². The fourth-order valence-electron chi connectivity index (χ4n) is 2.03. The second-order valence-corrected chi connectivity index (χ2v) is 5.45. The van der Waals surface area contributed by atoms with Crippen LogP contribution in [0.4, 0.5) is 0 Å². The lowest BCUT2D eigenvalue weighted by Gasteiger charge is -2.09. The highest BCUT2D eigenvalue weighted by atomic mass is 15.3. The van der Waals surface area contributed by atoms with Gasteiger partial charge in [0, 0.05) is 23.8 Å². The molecule has 0 spiro atoms. The molecule has 1 aromatic heterocycles. The summed E-state index contributed by atoms with van der Waals surface area (Å²) >= 11 is 0. The number of hydrogen-bond donors (Lipinski definition) is 1. The average molecular weight is 241 g/mol. The molecule has 1 aromatic carbocycles. The van der Waals surface area contributed by atoms with Gasteiger partial charge in [-0.15, -0.1) is 0 Å². The standard InChI is InChI=1S/C15H19N3/c1-15(7-8-15)16-9-14-10-17-18(12-14)11-13-5-3-2-4-6-13/h2-6,10,12,16H,7-9,11H2,1H3. The minimum Gasteiger partial charge on any atom is -0.307 e. The molecule has 18 heavy (non-hydrogen) atoms. The first-order valence-corrected chi connectivity index (χ1v) is 6.54. The van der Waals surface area contributed by atoms with Crippen molar-refractivity contribution < 1.29 is 0 Å². The van der Waals surface area contributed by atoms with E-state index in [1.165, 1.54) is 24.0 Å². The fraction of sp³-hybridized carbons (Fsp3) is 0.400. The van der Waals surface area contributed by atoms with E-state index in [2.05, 4.69) is 47.8 Å². The second kappa shape index (κ2) is 4.58. The van der Waals surface area contributed by atoms with Crippen LogP contribution in [0.3, 0.4) is 0 Å². The third kappa shape index (κ3) is 2.79. The summed E-state index contributed by atoms with van der Waals surface area (Å²) < 4.78 is 2.00. The van der Waals surface area contributed by atoms with Crippen LogP contribution < -0.4 is 5.32 Å². The molecule has 0 amide bonds. The topological polar surface area (TPSA) is 29.9 Å². The Labute approximate surface area is 108 Å². The van der Waals surface area contributed by atoms with Crippen molar-refractivity contribution in [2.24, 2.45) is 0 Å². The van der Waals surface area contributed by atoms with Crippen LogP contribution in [0.1, 0.15) is 30.9 Å². The first-order chi connectivity index (χ1) is 8.73. The Morgan fingerprint density at radius 1 is 1.22 bits per heavy atom. The molecule has 3 nitrogen and oxygen atoms in total. The molecule has 3 heteroatoms. The number of hydrogen-bond acceptors (Lipinski definition) is 2. The van der Waals surface area contributed by atoms with Gasteiger partial charge >= 0.3 is 0 Å². The minimum atomic E-state index is 0.390.